The summed E-state index contributed by atoms with van der Waals surface area (Å²) in [4.78, 5) is 10.2. The van der Waals surface area contributed by atoms with Crippen molar-refractivity contribution < 1.29 is 4.74 Å². The monoisotopic (exact) mass is 298 g/mol. The molecular weight excluding hydrogens is 272 g/mol. The second-order valence-corrected chi connectivity index (χ2v) is 6.46. The lowest BCUT2D eigenvalue weighted by Crippen LogP contribution is -2.24. The molecule has 2 heterocycles. The minimum atomic E-state index is 0.755. The van der Waals surface area contributed by atoms with Crippen LogP contribution < -0.4 is 15.0 Å². The number of nitrogens with zero attached hydrogens (tertiary/aromatic N) is 3. The molecule has 1 aliphatic heterocycles. The van der Waals surface area contributed by atoms with E-state index < -0.39 is 0 Å². The number of likely N-dealkylation sites (tertiary alicyclic amines) is 1. The normalized spacial score (nSPS) is 15.8. The SMILES string of the molecule is COc1nc(N(C)C)sc1CNCCCN1CCCC1. The summed E-state index contributed by atoms with van der Waals surface area (Å²) >= 11 is 1.69. The van der Waals surface area contributed by atoms with Gasteiger partial charge in [-0.05, 0) is 45.4 Å². The molecule has 1 N–H and O–H groups in total. The first-order valence-corrected chi connectivity index (χ1v) is 8.16. The third-order valence-corrected chi connectivity index (χ3v) is 4.74. The molecule has 1 aromatic rings. The Kier molecular flexibility index (Phi) is 6.06. The van der Waals surface area contributed by atoms with Crippen LogP contribution in [-0.4, -0.2) is 57.3 Å². The third-order valence-electron chi connectivity index (χ3n) is 3.54. The molecule has 0 amide bonds. The number of hydrogen-bond donors (Lipinski definition) is 1. The van der Waals surface area contributed by atoms with Crippen molar-refractivity contribution in [2.24, 2.45) is 0 Å². The van der Waals surface area contributed by atoms with Crippen LogP contribution in [0.2, 0.25) is 0 Å². The van der Waals surface area contributed by atoms with E-state index in [9.17, 15) is 0 Å². The first-order valence-electron chi connectivity index (χ1n) is 7.35. The highest BCUT2D eigenvalue weighted by molar-refractivity contribution is 7.15. The van der Waals surface area contributed by atoms with Crippen molar-refractivity contribution in [2.45, 2.75) is 25.8 Å². The minimum absolute atomic E-state index is 0.755. The van der Waals surface area contributed by atoms with Gasteiger partial charge in [-0.1, -0.05) is 11.3 Å². The van der Waals surface area contributed by atoms with Gasteiger partial charge in [0.15, 0.2) is 5.13 Å². The molecule has 0 atom stereocenters. The summed E-state index contributed by atoms with van der Waals surface area (Å²) in [5.74, 6) is 0.755. The Bertz CT molecular complexity index is 402. The topological polar surface area (TPSA) is 40.6 Å². The molecule has 20 heavy (non-hydrogen) atoms. The van der Waals surface area contributed by atoms with Crippen LogP contribution in [0.15, 0.2) is 0 Å². The van der Waals surface area contributed by atoms with Crippen molar-refractivity contribution in [3.8, 4) is 5.88 Å². The highest BCUT2D eigenvalue weighted by atomic mass is 32.1. The van der Waals surface area contributed by atoms with Gasteiger partial charge >= 0.3 is 0 Å². The highest BCUT2D eigenvalue weighted by Gasteiger charge is 2.13. The van der Waals surface area contributed by atoms with Crippen LogP contribution in [0.3, 0.4) is 0 Å². The van der Waals surface area contributed by atoms with Gasteiger partial charge in [0.05, 0.1) is 12.0 Å². The van der Waals surface area contributed by atoms with Gasteiger partial charge in [-0.2, -0.15) is 4.98 Å². The number of hydrogen-bond acceptors (Lipinski definition) is 6. The summed E-state index contributed by atoms with van der Waals surface area (Å²) in [5, 5.41) is 4.49. The lowest BCUT2D eigenvalue weighted by molar-refractivity contribution is 0.330. The number of methoxy groups -OCH3 is 1. The summed E-state index contributed by atoms with van der Waals surface area (Å²) in [5.41, 5.74) is 0. The van der Waals surface area contributed by atoms with Gasteiger partial charge in [-0.25, -0.2) is 0 Å². The van der Waals surface area contributed by atoms with Crippen LogP contribution in [0.25, 0.3) is 0 Å². The van der Waals surface area contributed by atoms with Gasteiger partial charge in [0, 0.05) is 20.6 Å². The summed E-state index contributed by atoms with van der Waals surface area (Å²) in [6, 6.07) is 0. The second-order valence-electron chi connectivity index (χ2n) is 5.40. The minimum Gasteiger partial charge on any atom is -0.480 e. The largest absolute Gasteiger partial charge is 0.480 e. The fourth-order valence-electron chi connectivity index (χ4n) is 2.42. The number of nitrogens with one attached hydrogen (secondary N) is 1. The molecular formula is C14H26N4OS. The van der Waals surface area contributed by atoms with E-state index in [2.05, 4.69) is 15.2 Å². The van der Waals surface area contributed by atoms with E-state index in [0.29, 0.717) is 0 Å². The van der Waals surface area contributed by atoms with Crippen molar-refractivity contribution in [3.05, 3.63) is 4.88 Å². The van der Waals surface area contributed by atoms with Crippen LogP contribution in [0.4, 0.5) is 5.13 Å². The maximum atomic E-state index is 5.34. The molecule has 2 rings (SSSR count). The van der Waals surface area contributed by atoms with Crippen LogP contribution in [0.1, 0.15) is 24.1 Å². The molecule has 0 spiro atoms. The van der Waals surface area contributed by atoms with Crippen molar-refractivity contribution in [1.82, 2.24) is 15.2 Å². The molecule has 0 radical (unpaired) electrons. The molecule has 1 aromatic heterocycles. The number of thiazole rings is 1. The fraction of sp³-hybridized carbons (Fsp3) is 0.786. The Morgan fingerprint density at radius 3 is 2.75 bits per heavy atom. The van der Waals surface area contributed by atoms with Gasteiger partial charge in [0.1, 0.15) is 0 Å². The maximum Gasteiger partial charge on any atom is 0.230 e. The quantitative estimate of drug-likeness (QED) is 0.741. The van der Waals surface area contributed by atoms with E-state index in [1.54, 1.807) is 18.4 Å². The van der Waals surface area contributed by atoms with E-state index in [1.807, 2.05) is 19.0 Å². The second kappa shape index (κ2) is 7.81. The number of anilines is 1. The van der Waals surface area contributed by atoms with Crippen molar-refractivity contribution in [3.63, 3.8) is 0 Å². The van der Waals surface area contributed by atoms with E-state index in [0.717, 1.165) is 24.1 Å². The molecule has 0 saturated carbocycles. The predicted octanol–water partition coefficient (Wildman–Crippen LogP) is 1.79. The molecule has 5 nitrogen and oxygen atoms in total. The molecule has 0 bridgehead atoms. The first-order chi connectivity index (χ1) is 9.70. The standard InChI is InChI=1S/C14H26N4OS/c1-17(2)14-16-13(19-3)12(20-14)11-15-7-6-10-18-8-4-5-9-18/h15H,4-11H2,1-3H3. The number of rotatable bonds is 8. The summed E-state index contributed by atoms with van der Waals surface area (Å²) in [7, 11) is 5.70. The zero-order chi connectivity index (χ0) is 14.4. The van der Waals surface area contributed by atoms with Crippen molar-refractivity contribution >= 4 is 16.5 Å². The Morgan fingerprint density at radius 1 is 1.35 bits per heavy atom. The number of aromatic nitrogens is 1. The van der Waals surface area contributed by atoms with Crippen LogP contribution in [-0.2, 0) is 6.54 Å². The van der Waals surface area contributed by atoms with E-state index in [4.69, 9.17) is 4.74 Å². The molecule has 0 aliphatic carbocycles. The Morgan fingerprint density at radius 2 is 2.10 bits per heavy atom. The average molecular weight is 298 g/mol. The van der Waals surface area contributed by atoms with Gasteiger partial charge in [0.2, 0.25) is 5.88 Å². The lowest BCUT2D eigenvalue weighted by Gasteiger charge is -2.14. The van der Waals surface area contributed by atoms with E-state index in [-0.39, 0.29) is 0 Å². The Balaban J connectivity index is 1.70. The molecule has 1 aliphatic rings. The van der Waals surface area contributed by atoms with Gasteiger partial charge in [-0.3, -0.25) is 0 Å². The zero-order valence-corrected chi connectivity index (χ0v) is 13.6. The third kappa shape index (κ3) is 4.33. The molecule has 1 fully saturated rings. The molecule has 0 aromatic carbocycles. The van der Waals surface area contributed by atoms with Crippen LogP contribution >= 0.6 is 11.3 Å². The van der Waals surface area contributed by atoms with Crippen LogP contribution in [0.5, 0.6) is 5.88 Å². The molecule has 0 unspecified atom stereocenters. The smallest absolute Gasteiger partial charge is 0.230 e. The average Bonchev–Trinajstić information content (AvgIpc) is 3.07. The van der Waals surface area contributed by atoms with Crippen LogP contribution in [0, 0.1) is 0 Å². The Labute approximate surface area is 125 Å². The molecule has 114 valence electrons. The van der Waals surface area contributed by atoms with Gasteiger partial charge < -0.3 is 19.9 Å². The molecule has 1 saturated heterocycles. The van der Waals surface area contributed by atoms with Crippen molar-refractivity contribution in [2.75, 3.05) is 52.3 Å². The van der Waals surface area contributed by atoms with E-state index >= 15 is 0 Å². The van der Waals surface area contributed by atoms with E-state index in [1.165, 1.54) is 43.8 Å². The highest BCUT2D eigenvalue weighted by Crippen LogP contribution is 2.30. The number of ether oxygens (including phenoxy) is 1. The molecule has 6 heteroatoms. The Hall–Kier alpha value is -0.850. The lowest BCUT2D eigenvalue weighted by atomic mass is 10.4. The summed E-state index contributed by atoms with van der Waals surface area (Å²) in [6.07, 6.45) is 3.96. The predicted molar refractivity (Wildman–Crippen MR) is 85.0 cm³/mol. The summed E-state index contributed by atoms with van der Waals surface area (Å²) in [6.45, 7) is 5.68. The van der Waals surface area contributed by atoms with Gasteiger partial charge in [0.25, 0.3) is 0 Å². The first kappa shape index (κ1) is 15.5. The van der Waals surface area contributed by atoms with Gasteiger partial charge in [-0.15, -0.1) is 0 Å². The fourth-order valence-corrected chi connectivity index (χ4v) is 3.35. The summed E-state index contributed by atoms with van der Waals surface area (Å²) < 4.78 is 5.34. The maximum absolute atomic E-state index is 5.34. The zero-order valence-electron chi connectivity index (χ0n) is 12.8. The van der Waals surface area contributed by atoms with Crippen molar-refractivity contribution in [1.29, 1.82) is 0 Å².